The van der Waals surface area contributed by atoms with Gasteiger partial charge in [-0.25, -0.2) is 0 Å². The molecular weight excluding hydrogens is 180 g/mol. The first-order valence-corrected chi connectivity index (χ1v) is 4.57. The molecule has 0 fully saturated rings. The molecule has 2 rings (SSSR count). The van der Waals surface area contributed by atoms with Gasteiger partial charge in [0.2, 0.25) is 0 Å². The highest BCUT2D eigenvalue weighted by atomic mass is 16.3. The van der Waals surface area contributed by atoms with E-state index in [1.165, 1.54) is 6.07 Å². The molecule has 0 spiro atoms. The van der Waals surface area contributed by atoms with Crippen LogP contribution in [0, 0.1) is 0 Å². The summed E-state index contributed by atoms with van der Waals surface area (Å²) >= 11 is 0. The average Bonchev–Trinajstić information content (AvgIpc) is 1.99. The number of hydrogen-bond donors (Lipinski definition) is 3. The summed E-state index contributed by atoms with van der Waals surface area (Å²) in [6.07, 6.45) is 0. The van der Waals surface area contributed by atoms with Crippen molar-refractivity contribution in [2.75, 3.05) is 13.6 Å². The van der Waals surface area contributed by atoms with E-state index in [0.29, 0.717) is 6.54 Å². The van der Waals surface area contributed by atoms with Crippen LogP contribution in [0.4, 0.5) is 0 Å². The maximum atomic E-state index is 9.64. The average molecular weight is 194 g/mol. The van der Waals surface area contributed by atoms with Crippen LogP contribution in [0.1, 0.15) is 17.2 Å². The topological polar surface area (TPSA) is 69.7 Å². The first kappa shape index (κ1) is 9.30. The van der Waals surface area contributed by atoms with E-state index in [0.717, 1.165) is 17.7 Å². The molecule has 14 heavy (non-hydrogen) atoms. The van der Waals surface area contributed by atoms with E-state index in [2.05, 4.69) is 4.90 Å². The molecule has 1 atom stereocenters. The zero-order chi connectivity index (χ0) is 10.3. The zero-order valence-electron chi connectivity index (χ0n) is 8.07. The third-order valence-electron chi connectivity index (χ3n) is 2.55. The summed E-state index contributed by atoms with van der Waals surface area (Å²) in [5.74, 6) is 0.185. The van der Waals surface area contributed by atoms with Gasteiger partial charge in [0.25, 0.3) is 0 Å². The molecule has 76 valence electrons. The number of nitrogens with two attached hydrogens (primary N) is 1. The maximum absolute atomic E-state index is 9.64. The number of hydrogen-bond acceptors (Lipinski definition) is 4. The Morgan fingerprint density at radius 3 is 2.86 bits per heavy atom. The second-order valence-corrected chi connectivity index (χ2v) is 3.84. The van der Waals surface area contributed by atoms with Crippen LogP contribution in [-0.4, -0.2) is 28.7 Å². The van der Waals surface area contributed by atoms with Crippen molar-refractivity contribution in [1.29, 1.82) is 0 Å². The van der Waals surface area contributed by atoms with Crippen molar-refractivity contribution in [3.63, 3.8) is 0 Å². The number of phenolic OH excluding ortho intramolecular Hbond substituents is 2. The summed E-state index contributed by atoms with van der Waals surface area (Å²) in [6, 6.07) is 2.82. The molecule has 4 heteroatoms. The van der Waals surface area contributed by atoms with Crippen molar-refractivity contribution in [2.45, 2.75) is 12.6 Å². The summed E-state index contributed by atoms with van der Waals surface area (Å²) in [6.45, 7) is 1.44. The first-order chi connectivity index (χ1) is 6.58. The minimum Gasteiger partial charge on any atom is -0.508 e. The van der Waals surface area contributed by atoms with Crippen molar-refractivity contribution in [3.8, 4) is 11.5 Å². The first-order valence-electron chi connectivity index (χ1n) is 4.57. The molecule has 0 bridgehead atoms. The molecule has 1 unspecified atom stereocenters. The van der Waals surface area contributed by atoms with E-state index in [4.69, 9.17) is 5.73 Å². The number of phenols is 2. The number of fused-ring (bicyclic) bond motifs is 1. The zero-order valence-corrected chi connectivity index (χ0v) is 8.07. The maximum Gasteiger partial charge on any atom is 0.124 e. The van der Waals surface area contributed by atoms with Crippen LogP contribution >= 0.6 is 0 Å². The molecule has 1 aromatic carbocycles. The van der Waals surface area contributed by atoms with Crippen LogP contribution in [0.25, 0.3) is 0 Å². The molecule has 0 radical (unpaired) electrons. The van der Waals surface area contributed by atoms with Crippen molar-refractivity contribution in [2.24, 2.45) is 5.73 Å². The molecule has 0 amide bonds. The molecule has 1 aliphatic rings. The van der Waals surface area contributed by atoms with Crippen LogP contribution in [0.5, 0.6) is 11.5 Å². The standard InChI is InChI=1S/C10H14N2O2/c1-12-4-6-2-7(13)3-9(14)10(6)8(11)5-12/h2-3,8,13-14H,4-5,11H2,1H3. The fourth-order valence-corrected chi connectivity index (χ4v) is 2.02. The predicted molar refractivity (Wildman–Crippen MR) is 53.0 cm³/mol. The lowest BCUT2D eigenvalue weighted by atomic mass is 9.95. The van der Waals surface area contributed by atoms with E-state index in [1.54, 1.807) is 6.07 Å². The van der Waals surface area contributed by atoms with Gasteiger partial charge < -0.3 is 20.8 Å². The Bertz CT molecular complexity index is 365. The predicted octanol–water partition coefficient (Wildman–Crippen LogP) is 0.543. The molecule has 0 aliphatic carbocycles. The molecule has 4 nitrogen and oxygen atoms in total. The summed E-state index contributed by atoms with van der Waals surface area (Å²) in [4.78, 5) is 2.06. The highest BCUT2D eigenvalue weighted by Crippen LogP contribution is 2.34. The highest BCUT2D eigenvalue weighted by Gasteiger charge is 2.23. The van der Waals surface area contributed by atoms with Crippen molar-refractivity contribution in [3.05, 3.63) is 23.3 Å². The Morgan fingerprint density at radius 2 is 2.14 bits per heavy atom. The summed E-state index contributed by atoms with van der Waals surface area (Å²) in [5.41, 5.74) is 7.58. The third-order valence-corrected chi connectivity index (χ3v) is 2.55. The number of likely N-dealkylation sites (N-methyl/N-ethyl adjacent to an activating group) is 1. The van der Waals surface area contributed by atoms with E-state index in [1.807, 2.05) is 7.05 Å². The monoisotopic (exact) mass is 194 g/mol. The Labute approximate surface area is 82.6 Å². The molecule has 1 heterocycles. The fraction of sp³-hybridized carbons (Fsp3) is 0.400. The van der Waals surface area contributed by atoms with Crippen molar-refractivity contribution < 1.29 is 10.2 Å². The SMILES string of the molecule is CN1Cc2cc(O)cc(O)c2C(N)C1. The Hall–Kier alpha value is -1.26. The molecular formula is C10H14N2O2. The van der Waals surface area contributed by atoms with Gasteiger partial charge >= 0.3 is 0 Å². The molecule has 1 aliphatic heterocycles. The van der Waals surface area contributed by atoms with Gasteiger partial charge in [0, 0.05) is 30.8 Å². The smallest absolute Gasteiger partial charge is 0.124 e. The molecule has 0 saturated heterocycles. The third kappa shape index (κ3) is 1.42. The summed E-state index contributed by atoms with van der Waals surface area (Å²) in [7, 11) is 1.96. The van der Waals surface area contributed by atoms with Crippen LogP contribution in [0.3, 0.4) is 0 Å². The highest BCUT2D eigenvalue weighted by molar-refractivity contribution is 5.48. The molecule has 0 aromatic heterocycles. The molecule has 4 N–H and O–H groups in total. The quantitative estimate of drug-likeness (QED) is 0.564. The lowest BCUT2D eigenvalue weighted by Crippen LogP contribution is -2.34. The van der Waals surface area contributed by atoms with Gasteiger partial charge in [0.05, 0.1) is 0 Å². The van der Waals surface area contributed by atoms with Gasteiger partial charge in [-0.15, -0.1) is 0 Å². The van der Waals surface area contributed by atoms with Gasteiger partial charge in [-0.2, -0.15) is 0 Å². The van der Waals surface area contributed by atoms with E-state index < -0.39 is 0 Å². The van der Waals surface area contributed by atoms with E-state index in [9.17, 15) is 10.2 Å². The van der Waals surface area contributed by atoms with Gasteiger partial charge in [-0.05, 0) is 18.7 Å². The molecule has 0 saturated carbocycles. The number of nitrogens with zero attached hydrogens (tertiary/aromatic N) is 1. The normalized spacial score (nSPS) is 22.0. The Morgan fingerprint density at radius 1 is 1.43 bits per heavy atom. The Balaban J connectivity index is 2.53. The van der Waals surface area contributed by atoms with Crippen LogP contribution < -0.4 is 5.73 Å². The van der Waals surface area contributed by atoms with Crippen LogP contribution in [-0.2, 0) is 6.54 Å². The van der Waals surface area contributed by atoms with Gasteiger partial charge in [0.1, 0.15) is 11.5 Å². The Kier molecular flexibility index (Phi) is 2.09. The van der Waals surface area contributed by atoms with E-state index in [-0.39, 0.29) is 17.5 Å². The largest absolute Gasteiger partial charge is 0.508 e. The van der Waals surface area contributed by atoms with Crippen molar-refractivity contribution >= 4 is 0 Å². The lowest BCUT2D eigenvalue weighted by molar-refractivity contribution is 0.277. The minimum absolute atomic E-state index is 0.0868. The summed E-state index contributed by atoms with van der Waals surface area (Å²) < 4.78 is 0. The molecule has 1 aromatic rings. The van der Waals surface area contributed by atoms with Gasteiger partial charge in [-0.3, -0.25) is 0 Å². The number of aromatic hydroxyl groups is 2. The second kappa shape index (κ2) is 3.15. The van der Waals surface area contributed by atoms with E-state index >= 15 is 0 Å². The van der Waals surface area contributed by atoms with Crippen LogP contribution in [0.15, 0.2) is 12.1 Å². The van der Waals surface area contributed by atoms with Gasteiger partial charge in [-0.1, -0.05) is 0 Å². The minimum atomic E-state index is -0.177. The summed E-state index contributed by atoms with van der Waals surface area (Å²) in [5, 5.41) is 19.0. The van der Waals surface area contributed by atoms with Crippen LogP contribution in [0.2, 0.25) is 0 Å². The fourth-order valence-electron chi connectivity index (χ4n) is 2.02. The van der Waals surface area contributed by atoms with Crippen molar-refractivity contribution in [1.82, 2.24) is 4.90 Å². The lowest BCUT2D eigenvalue weighted by Gasteiger charge is -2.30. The van der Waals surface area contributed by atoms with Gasteiger partial charge in [0.15, 0.2) is 0 Å². The number of benzene rings is 1. The number of rotatable bonds is 0. The second-order valence-electron chi connectivity index (χ2n) is 3.84.